The van der Waals surface area contributed by atoms with Gasteiger partial charge in [-0.25, -0.2) is 5.48 Å². The molecule has 2 aromatic rings. The third-order valence-electron chi connectivity index (χ3n) is 4.19. The largest absolute Gasteiger partial charge is 0.358 e. The fourth-order valence-corrected chi connectivity index (χ4v) is 2.80. The summed E-state index contributed by atoms with van der Waals surface area (Å²) in [6.07, 6.45) is 4.63. The number of rotatable bonds is 3. The van der Waals surface area contributed by atoms with Gasteiger partial charge in [0.2, 0.25) is 0 Å². The predicted molar refractivity (Wildman–Crippen MR) is 78.6 cm³/mol. The Morgan fingerprint density at radius 3 is 2.80 bits per heavy atom. The van der Waals surface area contributed by atoms with E-state index in [2.05, 4.69) is 17.4 Å². The summed E-state index contributed by atoms with van der Waals surface area (Å²) < 4.78 is 0. The Morgan fingerprint density at radius 2 is 2.05 bits per heavy atom. The van der Waals surface area contributed by atoms with Gasteiger partial charge in [0.1, 0.15) is 0 Å². The molecule has 0 saturated heterocycles. The maximum absolute atomic E-state index is 12.1. The molecule has 1 fully saturated rings. The number of H-pyrrole nitrogens is 1. The Bertz CT molecular complexity index is 639. The molecule has 4 heteroatoms. The van der Waals surface area contributed by atoms with Crippen LogP contribution in [0.1, 0.15) is 47.3 Å². The monoisotopic (exact) mass is 272 g/mol. The summed E-state index contributed by atoms with van der Waals surface area (Å²) in [5.74, 6) is -0.169. The molecule has 0 atom stereocenters. The standard InChI is InChI=1S/C16H20N2O2/c1-10-11(2)17-15-8-7-12(9-14(10)15)16(19)18-20-13-5-3-4-6-13/h7-9,13,17H,3-6H2,1-2H3,(H,18,19). The molecule has 20 heavy (non-hydrogen) atoms. The predicted octanol–water partition coefficient (Wildman–Crippen LogP) is 3.39. The van der Waals surface area contributed by atoms with Gasteiger partial charge in [0, 0.05) is 22.2 Å². The van der Waals surface area contributed by atoms with Crippen LogP contribution in [0.25, 0.3) is 10.9 Å². The molecule has 0 bridgehead atoms. The molecule has 3 rings (SSSR count). The van der Waals surface area contributed by atoms with E-state index in [0.29, 0.717) is 5.56 Å². The normalized spacial score (nSPS) is 15.9. The summed E-state index contributed by atoms with van der Waals surface area (Å²) >= 11 is 0. The summed E-state index contributed by atoms with van der Waals surface area (Å²) in [6.45, 7) is 4.10. The number of aromatic amines is 1. The van der Waals surface area contributed by atoms with Crippen LogP contribution in [-0.4, -0.2) is 17.0 Å². The number of hydroxylamine groups is 1. The van der Waals surface area contributed by atoms with Gasteiger partial charge in [-0.3, -0.25) is 9.63 Å². The van der Waals surface area contributed by atoms with Gasteiger partial charge in [-0.15, -0.1) is 0 Å². The minimum atomic E-state index is -0.169. The average Bonchev–Trinajstić information content (AvgIpc) is 3.06. The number of aryl methyl sites for hydroxylation is 2. The lowest BCUT2D eigenvalue weighted by Gasteiger charge is -2.11. The number of nitrogens with one attached hydrogen (secondary N) is 2. The second kappa shape index (κ2) is 5.29. The van der Waals surface area contributed by atoms with Crippen molar-refractivity contribution in [1.29, 1.82) is 0 Å². The van der Waals surface area contributed by atoms with E-state index in [4.69, 9.17) is 4.84 Å². The fraction of sp³-hybridized carbons (Fsp3) is 0.438. The van der Waals surface area contributed by atoms with Crippen LogP contribution in [0.3, 0.4) is 0 Å². The van der Waals surface area contributed by atoms with Crippen molar-refractivity contribution < 1.29 is 9.63 Å². The van der Waals surface area contributed by atoms with Crippen molar-refractivity contribution >= 4 is 16.8 Å². The van der Waals surface area contributed by atoms with Crippen LogP contribution in [0.15, 0.2) is 18.2 Å². The Morgan fingerprint density at radius 1 is 1.30 bits per heavy atom. The summed E-state index contributed by atoms with van der Waals surface area (Å²) in [6, 6.07) is 5.69. The summed E-state index contributed by atoms with van der Waals surface area (Å²) in [7, 11) is 0. The highest BCUT2D eigenvalue weighted by molar-refractivity contribution is 5.98. The van der Waals surface area contributed by atoms with Gasteiger partial charge in [-0.1, -0.05) is 12.8 Å². The van der Waals surface area contributed by atoms with Gasteiger partial charge in [0.15, 0.2) is 0 Å². The van der Waals surface area contributed by atoms with Gasteiger partial charge in [0.05, 0.1) is 6.10 Å². The van der Waals surface area contributed by atoms with Crippen LogP contribution in [0.5, 0.6) is 0 Å². The van der Waals surface area contributed by atoms with Crippen molar-refractivity contribution in [3.8, 4) is 0 Å². The Kier molecular flexibility index (Phi) is 3.49. The molecule has 1 heterocycles. The molecule has 0 aliphatic heterocycles. The van der Waals surface area contributed by atoms with E-state index >= 15 is 0 Å². The van der Waals surface area contributed by atoms with Gasteiger partial charge in [0.25, 0.3) is 5.91 Å². The van der Waals surface area contributed by atoms with E-state index in [1.54, 1.807) is 0 Å². The second-order valence-corrected chi connectivity index (χ2v) is 5.59. The van der Waals surface area contributed by atoms with E-state index < -0.39 is 0 Å². The van der Waals surface area contributed by atoms with Crippen molar-refractivity contribution in [2.45, 2.75) is 45.6 Å². The van der Waals surface area contributed by atoms with E-state index in [9.17, 15) is 4.79 Å². The molecule has 1 aromatic carbocycles. The Balaban J connectivity index is 1.75. The zero-order chi connectivity index (χ0) is 14.1. The molecule has 0 unspecified atom stereocenters. The van der Waals surface area contributed by atoms with Crippen LogP contribution in [0, 0.1) is 13.8 Å². The molecule has 106 valence electrons. The van der Waals surface area contributed by atoms with Crippen LogP contribution in [0.2, 0.25) is 0 Å². The molecule has 0 spiro atoms. The molecule has 4 nitrogen and oxygen atoms in total. The number of amides is 1. The number of hydrogen-bond donors (Lipinski definition) is 2. The van der Waals surface area contributed by atoms with Crippen molar-refractivity contribution in [1.82, 2.24) is 10.5 Å². The molecular weight excluding hydrogens is 252 g/mol. The number of benzene rings is 1. The maximum Gasteiger partial charge on any atom is 0.274 e. The first-order valence-electron chi connectivity index (χ1n) is 7.20. The highest BCUT2D eigenvalue weighted by Crippen LogP contribution is 2.23. The second-order valence-electron chi connectivity index (χ2n) is 5.59. The van der Waals surface area contributed by atoms with Gasteiger partial charge >= 0.3 is 0 Å². The minimum absolute atomic E-state index is 0.169. The van der Waals surface area contributed by atoms with Gasteiger partial charge in [-0.2, -0.15) is 0 Å². The fourth-order valence-electron chi connectivity index (χ4n) is 2.80. The first kappa shape index (κ1) is 13.2. The van der Waals surface area contributed by atoms with Crippen molar-refractivity contribution in [2.75, 3.05) is 0 Å². The van der Waals surface area contributed by atoms with Gasteiger partial charge in [-0.05, 0) is 50.5 Å². The third-order valence-corrected chi connectivity index (χ3v) is 4.19. The SMILES string of the molecule is Cc1[nH]c2ccc(C(=O)NOC3CCCC3)cc2c1C. The summed E-state index contributed by atoms with van der Waals surface area (Å²) in [4.78, 5) is 20.9. The van der Waals surface area contributed by atoms with Crippen molar-refractivity contribution in [3.63, 3.8) is 0 Å². The zero-order valence-electron chi connectivity index (χ0n) is 12.0. The van der Waals surface area contributed by atoms with E-state index in [0.717, 1.165) is 29.4 Å². The number of fused-ring (bicyclic) bond motifs is 1. The molecule has 1 saturated carbocycles. The molecule has 1 aromatic heterocycles. The molecular formula is C16H20N2O2. The van der Waals surface area contributed by atoms with E-state index in [-0.39, 0.29) is 12.0 Å². The number of carbonyl (C=O) groups excluding carboxylic acids is 1. The van der Waals surface area contributed by atoms with Crippen LogP contribution in [-0.2, 0) is 4.84 Å². The summed E-state index contributed by atoms with van der Waals surface area (Å²) in [5.41, 5.74) is 6.61. The molecule has 1 aliphatic rings. The quantitative estimate of drug-likeness (QED) is 0.841. The van der Waals surface area contributed by atoms with Crippen molar-refractivity contribution in [2.24, 2.45) is 0 Å². The lowest BCUT2D eigenvalue weighted by molar-refractivity contribution is -0.0124. The lowest BCUT2D eigenvalue weighted by atomic mass is 10.1. The molecule has 1 amide bonds. The number of carbonyl (C=O) groups is 1. The van der Waals surface area contributed by atoms with Crippen LogP contribution >= 0.6 is 0 Å². The number of aromatic nitrogens is 1. The minimum Gasteiger partial charge on any atom is -0.358 e. The first-order valence-corrected chi connectivity index (χ1v) is 7.20. The zero-order valence-corrected chi connectivity index (χ0v) is 12.0. The Labute approximate surface area is 118 Å². The molecule has 0 radical (unpaired) electrons. The van der Waals surface area contributed by atoms with Crippen LogP contribution in [0.4, 0.5) is 0 Å². The third kappa shape index (κ3) is 2.43. The summed E-state index contributed by atoms with van der Waals surface area (Å²) in [5, 5.41) is 1.09. The topological polar surface area (TPSA) is 54.1 Å². The first-order chi connectivity index (χ1) is 9.65. The highest BCUT2D eigenvalue weighted by atomic mass is 16.7. The molecule has 1 aliphatic carbocycles. The number of hydrogen-bond acceptors (Lipinski definition) is 2. The Hall–Kier alpha value is -1.81. The highest BCUT2D eigenvalue weighted by Gasteiger charge is 2.17. The average molecular weight is 272 g/mol. The van der Waals surface area contributed by atoms with Gasteiger partial charge < -0.3 is 4.98 Å². The van der Waals surface area contributed by atoms with E-state index in [1.165, 1.54) is 18.4 Å². The maximum atomic E-state index is 12.1. The van der Waals surface area contributed by atoms with Crippen LogP contribution < -0.4 is 5.48 Å². The van der Waals surface area contributed by atoms with E-state index in [1.807, 2.05) is 25.1 Å². The molecule has 2 N–H and O–H groups in total. The smallest absolute Gasteiger partial charge is 0.274 e. The van der Waals surface area contributed by atoms with Crippen molar-refractivity contribution in [3.05, 3.63) is 35.0 Å². The lowest BCUT2D eigenvalue weighted by Crippen LogP contribution is -2.28.